The van der Waals surface area contributed by atoms with E-state index < -0.39 is 40.5 Å². The van der Waals surface area contributed by atoms with E-state index in [0.717, 1.165) is 6.07 Å². The number of nitrogens with zero attached hydrogens (tertiary/aromatic N) is 1. The molecule has 0 aliphatic rings. The van der Waals surface area contributed by atoms with Crippen LogP contribution in [0.3, 0.4) is 0 Å². The van der Waals surface area contributed by atoms with Crippen LogP contribution in [-0.4, -0.2) is 15.7 Å². The largest absolute Gasteiger partial charge is 0.406 e. The molecule has 0 aliphatic carbocycles. The Balaban J connectivity index is 2.75. The summed E-state index contributed by atoms with van der Waals surface area (Å²) in [5.74, 6) is -0.845. The summed E-state index contributed by atoms with van der Waals surface area (Å²) in [5.41, 5.74) is -3.45. The van der Waals surface area contributed by atoms with E-state index in [-0.39, 0.29) is 10.1 Å². The number of rotatable bonds is 2. The van der Waals surface area contributed by atoms with Crippen LogP contribution < -0.4 is 11.2 Å². The van der Waals surface area contributed by atoms with Gasteiger partial charge in [-0.3, -0.25) is 14.3 Å². The molecule has 0 aliphatic heterocycles. The highest BCUT2D eigenvalue weighted by atomic mass is 35.5. The van der Waals surface area contributed by atoms with Crippen LogP contribution in [-0.2, 0) is 6.54 Å². The van der Waals surface area contributed by atoms with Gasteiger partial charge in [0.25, 0.3) is 5.56 Å². The molecular formula is C12H7ClF4N2O2. The van der Waals surface area contributed by atoms with Crippen molar-refractivity contribution in [3.05, 3.63) is 56.1 Å². The number of nitrogens with one attached hydrogen (secondary N) is 1. The molecule has 1 aromatic carbocycles. The summed E-state index contributed by atoms with van der Waals surface area (Å²) in [7, 11) is 0. The average Bonchev–Trinajstić information content (AvgIpc) is 2.35. The fourth-order valence-electron chi connectivity index (χ4n) is 1.77. The number of aromatic nitrogens is 2. The summed E-state index contributed by atoms with van der Waals surface area (Å²) in [4.78, 5) is 25.4. The summed E-state index contributed by atoms with van der Waals surface area (Å²) in [6.07, 6.45) is -4.78. The molecule has 0 fully saturated rings. The van der Waals surface area contributed by atoms with Crippen LogP contribution >= 0.6 is 11.6 Å². The zero-order chi connectivity index (χ0) is 15.8. The lowest BCUT2D eigenvalue weighted by atomic mass is 10.1. The molecule has 9 heteroatoms. The lowest BCUT2D eigenvalue weighted by molar-refractivity contribution is -0.141. The SMILES string of the molecule is O=c1[nH]c(Cl)c(-c2ccccc2F)c(=O)n1CC(F)(F)F. The van der Waals surface area contributed by atoms with Crippen molar-refractivity contribution in [1.82, 2.24) is 9.55 Å². The predicted molar refractivity (Wildman–Crippen MR) is 67.8 cm³/mol. The number of hydrogen-bond donors (Lipinski definition) is 1. The van der Waals surface area contributed by atoms with Gasteiger partial charge < -0.3 is 0 Å². The van der Waals surface area contributed by atoms with E-state index in [1.54, 1.807) is 0 Å². The second kappa shape index (κ2) is 5.36. The fourth-order valence-corrected chi connectivity index (χ4v) is 2.03. The summed E-state index contributed by atoms with van der Waals surface area (Å²) in [6.45, 7) is -1.79. The Morgan fingerprint density at radius 3 is 2.38 bits per heavy atom. The molecule has 1 heterocycles. The molecule has 1 N–H and O–H groups in total. The van der Waals surface area contributed by atoms with Gasteiger partial charge in [-0.2, -0.15) is 13.2 Å². The van der Waals surface area contributed by atoms with Crippen molar-refractivity contribution in [2.75, 3.05) is 0 Å². The van der Waals surface area contributed by atoms with E-state index in [4.69, 9.17) is 11.6 Å². The molecule has 2 aromatic rings. The van der Waals surface area contributed by atoms with E-state index >= 15 is 0 Å². The second-order valence-electron chi connectivity index (χ2n) is 4.11. The molecule has 1 aromatic heterocycles. The van der Waals surface area contributed by atoms with Crippen LogP contribution in [0.15, 0.2) is 33.9 Å². The van der Waals surface area contributed by atoms with Gasteiger partial charge in [-0.1, -0.05) is 29.8 Å². The molecule has 21 heavy (non-hydrogen) atoms. The summed E-state index contributed by atoms with van der Waals surface area (Å²) >= 11 is 5.67. The first-order valence-electron chi connectivity index (χ1n) is 5.55. The maximum Gasteiger partial charge on any atom is 0.406 e. The Hall–Kier alpha value is -2.09. The van der Waals surface area contributed by atoms with Gasteiger partial charge in [-0.05, 0) is 6.07 Å². The van der Waals surface area contributed by atoms with Crippen molar-refractivity contribution < 1.29 is 17.6 Å². The van der Waals surface area contributed by atoms with E-state index in [9.17, 15) is 27.2 Å². The van der Waals surface area contributed by atoms with Gasteiger partial charge in [0.05, 0.1) is 5.56 Å². The van der Waals surface area contributed by atoms with Crippen molar-refractivity contribution >= 4 is 11.6 Å². The van der Waals surface area contributed by atoms with Gasteiger partial charge in [0.15, 0.2) is 0 Å². The Morgan fingerprint density at radius 2 is 1.81 bits per heavy atom. The highest BCUT2D eigenvalue weighted by Crippen LogP contribution is 2.24. The Morgan fingerprint density at radius 1 is 1.19 bits per heavy atom. The van der Waals surface area contributed by atoms with Gasteiger partial charge in [-0.25, -0.2) is 9.18 Å². The van der Waals surface area contributed by atoms with E-state index in [1.807, 2.05) is 4.98 Å². The predicted octanol–water partition coefficient (Wildman–Crippen LogP) is 2.56. The Kier molecular flexibility index (Phi) is 3.91. The maximum absolute atomic E-state index is 13.7. The van der Waals surface area contributed by atoms with Gasteiger partial charge in [0, 0.05) is 5.56 Å². The number of benzene rings is 1. The van der Waals surface area contributed by atoms with E-state index in [1.165, 1.54) is 18.2 Å². The highest BCUT2D eigenvalue weighted by Gasteiger charge is 2.31. The minimum absolute atomic E-state index is 0.0757. The maximum atomic E-state index is 13.7. The van der Waals surface area contributed by atoms with E-state index in [2.05, 4.69) is 0 Å². The molecule has 0 saturated carbocycles. The molecule has 0 atom stereocenters. The number of aromatic amines is 1. The van der Waals surface area contributed by atoms with Crippen molar-refractivity contribution in [1.29, 1.82) is 0 Å². The summed E-state index contributed by atoms with van der Waals surface area (Å²) in [6, 6.07) is 4.92. The van der Waals surface area contributed by atoms with Gasteiger partial charge in [0.1, 0.15) is 17.5 Å². The molecule has 0 radical (unpaired) electrons. The zero-order valence-corrected chi connectivity index (χ0v) is 10.9. The van der Waals surface area contributed by atoms with Gasteiger partial charge >= 0.3 is 11.9 Å². The van der Waals surface area contributed by atoms with Crippen LogP contribution in [0.2, 0.25) is 5.15 Å². The Bertz CT molecular complexity index is 795. The van der Waals surface area contributed by atoms with Crippen LogP contribution in [0.1, 0.15) is 0 Å². The molecule has 0 amide bonds. The molecular weight excluding hydrogens is 316 g/mol. The molecule has 0 saturated heterocycles. The van der Waals surface area contributed by atoms with Crippen LogP contribution in [0.5, 0.6) is 0 Å². The summed E-state index contributed by atoms with van der Waals surface area (Å²) < 4.78 is 50.8. The molecule has 4 nitrogen and oxygen atoms in total. The minimum Gasteiger partial charge on any atom is -0.297 e. The quantitative estimate of drug-likeness (QED) is 0.682. The molecule has 0 spiro atoms. The van der Waals surface area contributed by atoms with Crippen LogP contribution in [0, 0.1) is 5.82 Å². The first kappa shape index (κ1) is 15.3. The van der Waals surface area contributed by atoms with Crippen molar-refractivity contribution in [3.8, 4) is 11.1 Å². The minimum atomic E-state index is -4.78. The van der Waals surface area contributed by atoms with Gasteiger partial charge in [0.2, 0.25) is 0 Å². The van der Waals surface area contributed by atoms with Crippen LogP contribution in [0.25, 0.3) is 11.1 Å². The fraction of sp³-hybridized carbons (Fsp3) is 0.167. The Labute approximate surface area is 119 Å². The van der Waals surface area contributed by atoms with Crippen molar-refractivity contribution in [2.24, 2.45) is 0 Å². The first-order chi connectivity index (χ1) is 9.70. The van der Waals surface area contributed by atoms with Crippen molar-refractivity contribution in [2.45, 2.75) is 12.7 Å². The molecule has 0 bridgehead atoms. The monoisotopic (exact) mass is 322 g/mol. The number of alkyl halides is 3. The number of H-pyrrole nitrogens is 1. The smallest absolute Gasteiger partial charge is 0.297 e. The number of hydrogen-bond acceptors (Lipinski definition) is 2. The van der Waals surface area contributed by atoms with Crippen molar-refractivity contribution in [3.63, 3.8) is 0 Å². The first-order valence-corrected chi connectivity index (χ1v) is 5.93. The summed E-state index contributed by atoms with van der Waals surface area (Å²) in [5, 5.41) is -0.520. The third-order valence-corrected chi connectivity index (χ3v) is 2.90. The van der Waals surface area contributed by atoms with Crippen LogP contribution in [0.4, 0.5) is 17.6 Å². The third kappa shape index (κ3) is 3.15. The average molecular weight is 323 g/mol. The molecule has 2 rings (SSSR count). The normalized spacial score (nSPS) is 11.7. The molecule has 112 valence electrons. The third-order valence-electron chi connectivity index (χ3n) is 2.62. The zero-order valence-electron chi connectivity index (χ0n) is 10.2. The topological polar surface area (TPSA) is 54.9 Å². The number of halogens is 5. The van der Waals surface area contributed by atoms with E-state index in [0.29, 0.717) is 0 Å². The van der Waals surface area contributed by atoms with Gasteiger partial charge in [-0.15, -0.1) is 0 Å². The molecule has 0 unspecified atom stereocenters. The standard InChI is InChI=1S/C12H7ClF4N2O2/c13-9-8(6-3-1-2-4-7(6)14)10(20)19(11(21)18-9)5-12(15,16)17/h1-4H,5H2,(H,18,21). The highest BCUT2D eigenvalue weighted by molar-refractivity contribution is 6.32. The second-order valence-corrected chi connectivity index (χ2v) is 4.48. The lowest BCUT2D eigenvalue weighted by Gasteiger charge is -2.11. The lowest BCUT2D eigenvalue weighted by Crippen LogP contribution is -2.40.